The van der Waals surface area contributed by atoms with Crippen LogP contribution in [-0.4, -0.2) is 27.4 Å². The van der Waals surface area contributed by atoms with Gasteiger partial charge in [0.1, 0.15) is 5.82 Å². The van der Waals surface area contributed by atoms with E-state index in [4.69, 9.17) is 9.72 Å². The van der Waals surface area contributed by atoms with Crippen LogP contribution in [0.5, 0.6) is 0 Å². The zero-order valence-corrected chi connectivity index (χ0v) is 17.8. The van der Waals surface area contributed by atoms with Crippen molar-refractivity contribution in [3.63, 3.8) is 0 Å². The molecule has 0 saturated carbocycles. The van der Waals surface area contributed by atoms with Crippen molar-refractivity contribution in [2.45, 2.75) is 33.4 Å². The lowest BCUT2D eigenvalue weighted by molar-refractivity contribution is 0.0378. The largest absolute Gasteiger partial charge is 0.459 e. The van der Waals surface area contributed by atoms with Crippen molar-refractivity contribution in [1.29, 1.82) is 0 Å². The molecule has 2 aliphatic heterocycles. The summed E-state index contributed by atoms with van der Waals surface area (Å²) >= 11 is 0. The summed E-state index contributed by atoms with van der Waals surface area (Å²) < 4.78 is 7.14. The van der Waals surface area contributed by atoms with Gasteiger partial charge in [-0.25, -0.2) is 9.78 Å². The van der Waals surface area contributed by atoms with Crippen LogP contribution in [0, 0.1) is 6.92 Å². The first-order valence-electron chi connectivity index (χ1n) is 10.3. The number of esters is 1. The topological polar surface area (TPSA) is 61.2 Å². The highest BCUT2D eigenvalue weighted by molar-refractivity contribution is 5.96. The van der Waals surface area contributed by atoms with E-state index in [-0.39, 0.29) is 24.4 Å². The molecular formula is C26H24N2O3. The monoisotopic (exact) mass is 412 g/mol. The first kappa shape index (κ1) is 20.5. The lowest BCUT2D eigenvalue weighted by atomic mass is 10.0. The summed E-state index contributed by atoms with van der Waals surface area (Å²) in [5.41, 5.74) is 4.98. The summed E-state index contributed by atoms with van der Waals surface area (Å²) in [6.45, 7) is 5.89. The number of ether oxygens (including phenoxy) is 1. The molecule has 2 aromatic carbocycles. The van der Waals surface area contributed by atoms with Gasteiger partial charge in [-0.2, -0.15) is 0 Å². The van der Waals surface area contributed by atoms with Crippen LogP contribution < -0.4 is 0 Å². The summed E-state index contributed by atoms with van der Waals surface area (Å²) in [6, 6.07) is 20.5. The van der Waals surface area contributed by atoms with E-state index < -0.39 is 0 Å². The number of hydrogen-bond donors (Lipinski definition) is 0. The highest BCUT2D eigenvalue weighted by atomic mass is 16.5. The fourth-order valence-corrected chi connectivity index (χ4v) is 3.60. The van der Waals surface area contributed by atoms with Crippen molar-refractivity contribution in [2.75, 3.05) is 0 Å². The Morgan fingerprint density at radius 3 is 2.32 bits per heavy atom. The van der Waals surface area contributed by atoms with Gasteiger partial charge in [0, 0.05) is 22.9 Å². The lowest BCUT2D eigenvalue weighted by Gasteiger charge is -2.11. The van der Waals surface area contributed by atoms with Gasteiger partial charge in [0.25, 0.3) is 0 Å². The number of fused-ring (bicyclic) bond motifs is 1. The van der Waals surface area contributed by atoms with Crippen LogP contribution in [-0.2, 0) is 11.3 Å². The van der Waals surface area contributed by atoms with Gasteiger partial charge in [-0.05, 0) is 50.6 Å². The molecule has 2 aromatic rings. The molecule has 0 amide bonds. The fourth-order valence-electron chi connectivity index (χ4n) is 3.60. The van der Waals surface area contributed by atoms with E-state index in [1.807, 2.05) is 86.1 Å². The zero-order chi connectivity index (χ0) is 22.0. The standard InChI is InChI=1S/C26H24N2O3/c1-17(2)31-26(30)21-13-11-20(12-14-21)24-18(3)22-10-7-15-28(25(22)27-24)16-23(29)19-8-5-4-6-9-19/h4-15,17H,16H2,1-3H3. The molecule has 0 spiro atoms. The van der Waals surface area contributed by atoms with Crippen LogP contribution in [0.25, 0.3) is 22.6 Å². The van der Waals surface area contributed by atoms with E-state index in [2.05, 4.69) is 0 Å². The first-order chi connectivity index (χ1) is 14.9. The van der Waals surface area contributed by atoms with Crippen molar-refractivity contribution < 1.29 is 14.3 Å². The number of nitrogens with zero attached hydrogens (tertiary/aromatic N) is 2. The van der Waals surface area contributed by atoms with E-state index in [0.717, 1.165) is 28.2 Å². The molecule has 0 atom stereocenters. The SMILES string of the molecule is Cc1c2cccn(CC(=O)c3ccccc3)c-2nc1-c1ccc(C(=O)OC(C)C)cc1. The number of aromatic nitrogens is 2. The molecule has 0 unspecified atom stereocenters. The average Bonchev–Trinajstić information content (AvgIpc) is 3.11. The minimum atomic E-state index is -0.337. The molecule has 5 nitrogen and oxygen atoms in total. The van der Waals surface area contributed by atoms with Gasteiger partial charge in [0.05, 0.1) is 23.9 Å². The Kier molecular flexibility index (Phi) is 5.67. The summed E-state index contributed by atoms with van der Waals surface area (Å²) in [4.78, 5) is 29.7. The quantitative estimate of drug-likeness (QED) is 0.314. The Morgan fingerprint density at radius 1 is 0.935 bits per heavy atom. The Balaban J connectivity index is 1.65. The average molecular weight is 412 g/mol. The van der Waals surface area contributed by atoms with E-state index >= 15 is 0 Å². The molecule has 0 fully saturated rings. The molecule has 0 bridgehead atoms. The maximum absolute atomic E-state index is 12.7. The second-order valence-electron chi connectivity index (χ2n) is 7.78. The van der Waals surface area contributed by atoms with Gasteiger partial charge in [0.15, 0.2) is 5.78 Å². The number of carbonyl (C=O) groups excluding carboxylic acids is 2. The van der Waals surface area contributed by atoms with Gasteiger partial charge in [-0.1, -0.05) is 42.5 Å². The first-order valence-corrected chi connectivity index (χ1v) is 10.3. The molecule has 2 heterocycles. The number of Topliss-reactive ketones (excluding diaryl/α,β-unsaturated/α-hetero) is 1. The molecular weight excluding hydrogens is 388 g/mol. The highest BCUT2D eigenvalue weighted by Crippen LogP contribution is 2.34. The van der Waals surface area contributed by atoms with Gasteiger partial charge in [-0.3, -0.25) is 4.79 Å². The van der Waals surface area contributed by atoms with E-state index in [1.165, 1.54) is 0 Å². The Hall–Kier alpha value is -3.73. The van der Waals surface area contributed by atoms with Crippen LogP contribution in [0.1, 0.15) is 40.1 Å². The number of carbonyl (C=O) groups is 2. The molecule has 0 aromatic heterocycles. The number of ketones is 1. The number of pyridine rings is 1. The second kappa shape index (κ2) is 8.56. The van der Waals surface area contributed by atoms with Crippen molar-refractivity contribution >= 4 is 11.8 Å². The third-order valence-corrected chi connectivity index (χ3v) is 5.17. The molecule has 2 aliphatic rings. The van der Waals surface area contributed by atoms with Gasteiger partial charge in [0.2, 0.25) is 0 Å². The van der Waals surface area contributed by atoms with E-state index in [9.17, 15) is 9.59 Å². The van der Waals surface area contributed by atoms with Crippen LogP contribution in [0.2, 0.25) is 0 Å². The van der Waals surface area contributed by atoms with Gasteiger partial charge >= 0.3 is 5.97 Å². The van der Waals surface area contributed by atoms with Crippen LogP contribution in [0.4, 0.5) is 0 Å². The molecule has 156 valence electrons. The van der Waals surface area contributed by atoms with E-state index in [1.54, 1.807) is 12.1 Å². The zero-order valence-electron chi connectivity index (χ0n) is 17.8. The molecule has 0 saturated heterocycles. The fraction of sp³-hybridized carbons (Fsp3) is 0.192. The van der Waals surface area contributed by atoms with Crippen molar-refractivity contribution in [2.24, 2.45) is 0 Å². The third kappa shape index (κ3) is 4.26. The van der Waals surface area contributed by atoms with Crippen molar-refractivity contribution in [1.82, 2.24) is 9.55 Å². The Morgan fingerprint density at radius 2 is 1.65 bits per heavy atom. The molecule has 4 rings (SSSR count). The minimum Gasteiger partial charge on any atom is -0.459 e. The second-order valence-corrected chi connectivity index (χ2v) is 7.78. The molecule has 0 aliphatic carbocycles. The van der Waals surface area contributed by atoms with Gasteiger partial charge < -0.3 is 9.30 Å². The predicted octanol–water partition coefficient (Wildman–Crippen LogP) is 5.41. The predicted molar refractivity (Wildman–Crippen MR) is 120 cm³/mol. The van der Waals surface area contributed by atoms with E-state index in [0.29, 0.717) is 11.1 Å². The Labute approximate surface area is 181 Å². The summed E-state index contributed by atoms with van der Waals surface area (Å²) in [6.07, 6.45) is 1.72. The molecule has 0 N–H and O–H groups in total. The summed E-state index contributed by atoms with van der Waals surface area (Å²) in [7, 11) is 0. The lowest BCUT2D eigenvalue weighted by Crippen LogP contribution is -2.12. The summed E-state index contributed by atoms with van der Waals surface area (Å²) in [5.74, 6) is 0.465. The molecule has 0 radical (unpaired) electrons. The number of benzene rings is 2. The third-order valence-electron chi connectivity index (χ3n) is 5.17. The molecule has 31 heavy (non-hydrogen) atoms. The number of rotatable bonds is 6. The van der Waals surface area contributed by atoms with Crippen molar-refractivity contribution in [3.8, 4) is 22.6 Å². The normalized spacial score (nSPS) is 11.1. The molecule has 5 heteroatoms. The van der Waals surface area contributed by atoms with Crippen molar-refractivity contribution in [3.05, 3.63) is 89.6 Å². The van der Waals surface area contributed by atoms with Gasteiger partial charge in [-0.15, -0.1) is 0 Å². The maximum Gasteiger partial charge on any atom is 0.338 e. The number of hydrogen-bond acceptors (Lipinski definition) is 4. The van der Waals surface area contributed by atoms with Crippen LogP contribution in [0.15, 0.2) is 72.9 Å². The summed E-state index contributed by atoms with van der Waals surface area (Å²) in [5, 5.41) is 0. The minimum absolute atomic E-state index is 0.0355. The smallest absolute Gasteiger partial charge is 0.338 e. The Bertz CT molecular complexity index is 1190. The highest BCUT2D eigenvalue weighted by Gasteiger charge is 2.20. The maximum atomic E-state index is 12.7. The van der Waals surface area contributed by atoms with Crippen LogP contribution >= 0.6 is 0 Å². The van der Waals surface area contributed by atoms with Crippen LogP contribution in [0.3, 0.4) is 0 Å².